The van der Waals surface area contributed by atoms with Crippen LogP contribution >= 0.6 is 23.2 Å². The van der Waals surface area contributed by atoms with E-state index in [0.717, 1.165) is 12.1 Å². The lowest BCUT2D eigenvalue weighted by Crippen LogP contribution is -2.60. The molecule has 1 aliphatic rings. The van der Waals surface area contributed by atoms with Gasteiger partial charge < -0.3 is 10.6 Å². The highest BCUT2D eigenvalue weighted by molar-refractivity contribution is 6.31. The molecule has 3 aromatic rings. The van der Waals surface area contributed by atoms with E-state index in [1.165, 1.54) is 41.2 Å². The van der Waals surface area contributed by atoms with Crippen molar-refractivity contribution in [2.45, 2.75) is 24.1 Å². The van der Waals surface area contributed by atoms with Crippen molar-refractivity contribution in [1.82, 2.24) is 20.4 Å². The third-order valence-electron chi connectivity index (χ3n) is 6.08. The molecule has 0 spiro atoms. The van der Waals surface area contributed by atoms with Gasteiger partial charge in [-0.1, -0.05) is 41.4 Å². The van der Waals surface area contributed by atoms with Gasteiger partial charge in [0.05, 0.1) is 33.1 Å². The number of carbonyl (C=O) groups is 1. The molecule has 5 nitrogen and oxygen atoms in total. The molecule has 1 fully saturated rings. The topological polar surface area (TPSA) is 59.0 Å². The summed E-state index contributed by atoms with van der Waals surface area (Å²) in [6.45, 7) is 0.600. The van der Waals surface area contributed by atoms with Crippen LogP contribution in [0.1, 0.15) is 39.5 Å². The van der Waals surface area contributed by atoms with Crippen LogP contribution in [0.4, 0.5) is 17.6 Å². The SMILES string of the molecule is Cn1ncc(Cl)c1[C@@]1(NC(=O)c2ccccc2F)CNCC[C@H]1c1ccc(Cl)c(C(F)(F)F)c1. The second-order valence-electron chi connectivity index (χ2n) is 8.13. The van der Waals surface area contributed by atoms with Crippen molar-refractivity contribution >= 4 is 29.1 Å². The summed E-state index contributed by atoms with van der Waals surface area (Å²) in [6, 6.07) is 9.15. The molecule has 0 radical (unpaired) electrons. The number of rotatable bonds is 4. The zero-order valence-corrected chi connectivity index (χ0v) is 19.4. The van der Waals surface area contributed by atoms with Gasteiger partial charge >= 0.3 is 6.18 Å². The van der Waals surface area contributed by atoms with Crippen LogP contribution in [0.3, 0.4) is 0 Å². The number of nitrogens with one attached hydrogen (secondary N) is 2. The van der Waals surface area contributed by atoms with Gasteiger partial charge in [0.2, 0.25) is 0 Å². The van der Waals surface area contributed by atoms with Gasteiger partial charge in [0.1, 0.15) is 11.4 Å². The van der Waals surface area contributed by atoms with E-state index in [1.807, 2.05) is 0 Å². The summed E-state index contributed by atoms with van der Waals surface area (Å²) in [7, 11) is 1.62. The van der Waals surface area contributed by atoms with Crippen LogP contribution in [0.2, 0.25) is 10.0 Å². The van der Waals surface area contributed by atoms with Gasteiger partial charge in [-0.15, -0.1) is 0 Å². The maximum atomic E-state index is 14.4. The van der Waals surface area contributed by atoms with Crippen molar-refractivity contribution in [1.29, 1.82) is 0 Å². The normalized spacial score (nSPS) is 20.9. The minimum atomic E-state index is -4.66. The monoisotopic (exact) mass is 514 g/mol. The molecule has 4 rings (SSSR count). The quantitative estimate of drug-likeness (QED) is 0.465. The maximum Gasteiger partial charge on any atom is 0.417 e. The van der Waals surface area contributed by atoms with Crippen LogP contribution in [0, 0.1) is 5.82 Å². The van der Waals surface area contributed by atoms with Crippen molar-refractivity contribution < 1.29 is 22.4 Å². The molecule has 1 aromatic heterocycles. The highest BCUT2D eigenvalue weighted by Gasteiger charge is 2.48. The lowest BCUT2D eigenvalue weighted by molar-refractivity contribution is -0.137. The fourth-order valence-corrected chi connectivity index (χ4v) is 5.16. The Morgan fingerprint density at radius 1 is 1.21 bits per heavy atom. The van der Waals surface area contributed by atoms with Gasteiger partial charge in [-0.25, -0.2) is 4.39 Å². The smallest absolute Gasteiger partial charge is 0.339 e. The first-order valence-electron chi connectivity index (χ1n) is 10.4. The lowest BCUT2D eigenvalue weighted by atomic mass is 9.72. The molecule has 34 heavy (non-hydrogen) atoms. The van der Waals surface area contributed by atoms with E-state index in [-0.39, 0.29) is 17.1 Å². The summed E-state index contributed by atoms with van der Waals surface area (Å²) < 4.78 is 56.7. The molecule has 1 aliphatic heterocycles. The average Bonchev–Trinajstić information content (AvgIpc) is 3.12. The minimum Gasteiger partial charge on any atom is -0.339 e. The second-order valence-corrected chi connectivity index (χ2v) is 8.94. The van der Waals surface area contributed by atoms with Crippen molar-refractivity contribution in [2.75, 3.05) is 13.1 Å². The van der Waals surface area contributed by atoms with E-state index in [4.69, 9.17) is 23.2 Å². The Bertz CT molecular complexity index is 1210. The predicted molar refractivity (Wildman–Crippen MR) is 120 cm³/mol. The molecule has 180 valence electrons. The second kappa shape index (κ2) is 9.20. The van der Waals surface area contributed by atoms with E-state index in [0.29, 0.717) is 24.2 Å². The molecule has 2 heterocycles. The predicted octanol–water partition coefficient (Wildman–Crippen LogP) is 5.29. The molecule has 0 aliphatic carbocycles. The Kier molecular flexibility index (Phi) is 6.63. The van der Waals surface area contributed by atoms with Crippen molar-refractivity contribution in [3.8, 4) is 0 Å². The molecule has 1 saturated heterocycles. The van der Waals surface area contributed by atoms with Crippen LogP contribution in [-0.2, 0) is 18.8 Å². The summed E-state index contributed by atoms with van der Waals surface area (Å²) in [6.07, 6.45) is -2.91. The van der Waals surface area contributed by atoms with E-state index in [1.54, 1.807) is 7.05 Å². The van der Waals surface area contributed by atoms with Crippen LogP contribution in [0.5, 0.6) is 0 Å². The van der Waals surface area contributed by atoms with Gasteiger partial charge in [0, 0.05) is 19.5 Å². The minimum absolute atomic E-state index is 0.126. The zero-order chi connectivity index (χ0) is 24.7. The number of amides is 1. The summed E-state index contributed by atoms with van der Waals surface area (Å²) in [5.41, 5.74) is -1.81. The Morgan fingerprint density at radius 3 is 2.59 bits per heavy atom. The van der Waals surface area contributed by atoms with Crippen LogP contribution < -0.4 is 10.6 Å². The van der Waals surface area contributed by atoms with Crippen LogP contribution in [0.25, 0.3) is 0 Å². The fraction of sp³-hybridized carbons (Fsp3) is 0.304. The number of piperidine rings is 1. The van der Waals surface area contributed by atoms with Gasteiger partial charge in [-0.3, -0.25) is 9.48 Å². The Labute approximate surface area is 203 Å². The first kappa shape index (κ1) is 24.5. The van der Waals surface area contributed by atoms with Crippen molar-refractivity contribution in [3.63, 3.8) is 0 Å². The van der Waals surface area contributed by atoms with E-state index < -0.39 is 39.9 Å². The maximum absolute atomic E-state index is 14.4. The largest absolute Gasteiger partial charge is 0.417 e. The summed E-state index contributed by atoms with van der Waals surface area (Å²) in [4.78, 5) is 13.3. The lowest BCUT2D eigenvalue weighted by Gasteiger charge is -2.45. The molecule has 2 aromatic carbocycles. The van der Waals surface area contributed by atoms with Gasteiger partial charge in [0.15, 0.2) is 0 Å². The highest BCUT2D eigenvalue weighted by Crippen LogP contribution is 2.45. The number of halogens is 6. The van der Waals surface area contributed by atoms with E-state index in [9.17, 15) is 22.4 Å². The number of alkyl halides is 3. The molecule has 0 unspecified atom stereocenters. The standard InChI is InChI=1S/C23H20Cl2F4N4O/c1-33-20(18(25)11-31-33)22(32-21(34)14-4-2-3-5-19(14)26)12-30-9-8-15(22)13-6-7-17(24)16(10-13)23(27,28)29/h2-7,10-11,15,30H,8-9,12H2,1H3,(H,32,34)/t15-,22+/m0/s1. The highest BCUT2D eigenvalue weighted by atomic mass is 35.5. The van der Waals surface area contributed by atoms with E-state index >= 15 is 0 Å². The first-order valence-corrected chi connectivity index (χ1v) is 11.1. The number of aromatic nitrogens is 2. The number of carbonyl (C=O) groups excluding carboxylic acids is 1. The average molecular weight is 515 g/mol. The molecule has 1 amide bonds. The van der Waals surface area contributed by atoms with E-state index in [2.05, 4.69) is 15.7 Å². The molecule has 11 heteroatoms. The molecule has 2 N–H and O–H groups in total. The Hall–Kier alpha value is -2.62. The first-order chi connectivity index (χ1) is 16.0. The van der Waals surface area contributed by atoms with Gasteiger partial charge in [-0.05, 0) is 42.8 Å². The van der Waals surface area contributed by atoms with Crippen LogP contribution in [-0.4, -0.2) is 28.8 Å². The summed E-state index contributed by atoms with van der Waals surface area (Å²) >= 11 is 12.3. The molecule has 0 bridgehead atoms. The third-order valence-corrected chi connectivity index (χ3v) is 6.68. The summed E-state index contributed by atoms with van der Waals surface area (Å²) in [5.74, 6) is -2.11. The fourth-order valence-electron chi connectivity index (χ4n) is 4.60. The number of aryl methyl sites for hydroxylation is 1. The number of hydrogen-bond acceptors (Lipinski definition) is 3. The van der Waals surface area contributed by atoms with Crippen LogP contribution in [0.15, 0.2) is 48.7 Å². The molecular weight excluding hydrogens is 495 g/mol. The Morgan fingerprint density at radius 2 is 1.94 bits per heavy atom. The van der Waals surface area contributed by atoms with Crippen molar-refractivity contribution in [3.05, 3.63) is 86.9 Å². The molecule has 2 atom stereocenters. The summed E-state index contributed by atoms with van der Waals surface area (Å²) in [5, 5.41) is 10.0. The number of benzene rings is 2. The van der Waals surface area contributed by atoms with Gasteiger partial charge in [0.25, 0.3) is 5.91 Å². The van der Waals surface area contributed by atoms with Gasteiger partial charge in [-0.2, -0.15) is 18.3 Å². The molecule has 0 saturated carbocycles. The molecular formula is C23H20Cl2F4N4O. The number of nitrogens with zero attached hydrogens (tertiary/aromatic N) is 2. The zero-order valence-electron chi connectivity index (χ0n) is 17.9. The Balaban J connectivity index is 1.89. The number of hydrogen-bond donors (Lipinski definition) is 2. The third kappa shape index (κ3) is 4.39. The van der Waals surface area contributed by atoms with Crippen molar-refractivity contribution in [2.24, 2.45) is 7.05 Å².